The van der Waals surface area contributed by atoms with Crippen molar-refractivity contribution in [1.29, 1.82) is 0 Å². The zero-order valence-corrected chi connectivity index (χ0v) is 8.32. The van der Waals surface area contributed by atoms with E-state index < -0.39 is 0 Å². The Hall–Kier alpha value is -0.0400. The minimum Gasteiger partial charge on any atom is -0.376 e. The molecular formula is C9H22O. The van der Waals surface area contributed by atoms with Crippen LogP contribution in [-0.4, -0.2) is 12.2 Å². The highest BCUT2D eigenvalue weighted by Crippen LogP contribution is 2.12. The summed E-state index contributed by atoms with van der Waals surface area (Å²) >= 11 is 0. The fourth-order valence-electron chi connectivity index (χ4n) is 0.493. The van der Waals surface area contributed by atoms with E-state index in [-0.39, 0.29) is 5.60 Å². The Morgan fingerprint density at radius 2 is 1.50 bits per heavy atom. The van der Waals surface area contributed by atoms with E-state index in [2.05, 4.69) is 20.8 Å². The van der Waals surface area contributed by atoms with E-state index in [1.165, 1.54) is 0 Å². The molecule has 0 amide bonds. The molecule has 0 bridgehead atoms. The van der Waals surface area contributed by atoms with Crippen molar-refractivity contribution < 1.29 is 4.74 Å². The van der Waals surface area contributed by atoms with E-state index in [1.54, 1.807) is 0 Å². The lowest BCUT2D eigenvalue weighted by molar-refractivity contribution is -0.0124. The smallest absolute Gasteiger partial charge is 0.0623 e. The van der Waals surface area contributed by atoms with Crippen molar-refractivity contribution in [3.63, 3.8) is 0 Å². The highest BCUT2D eigenvalue weighted by atomic mass is 16.5. The van der Waals surface area contributed by atoms with Crippen LogP contribution in [0.1, 0.15) is 48.0 Å². The molecule has 0 unspecified atom stereocenters. The molecule has 0 aromatic heterocycles. The zero-order chi connectivity index (χ0) is 8.62. The van der Waals surface area contributed by atoms with Crippen LogP contribution in [0, 0.1) is 0 Å². The molecule has 1 nitrogen and oxygen atoms in total. The van der Waals surface area contributed by atoms with Gasteiger partial charge in [0.2, 0.25) is 0 Å². The molecule has 0 atom stereocenters. The fourth-order valence-corrected chi connectivity index (χ4v) is 0.493. The predicted molar refractivity (Wildman–Crippen MR) is 47.3 cm³/mol. The van der Waals surface area contributed by atoms with Gasteiger partial charge in [0.25, 0.3) is 0 Å². The van der Waals surface area contributed by atoms with Gasteiger partial charge in [-0.25, -0.2) is 0 Å². The van der Waals surface area contributed by atoms with Gasteiger partial charge in [-0.05, 0) is 27.2 Å². The van der Waals surface area contributed by atoms with Crippen LogP contribution in [0.25, 0.3) is 0 Å². The Balaban J connectivity index is 0. The van der Waals surface area contributed by atoms with E-state index in [9.17, 15) is 0 Å². The first kappa shape index (κ1) is 12.6. The molecule has 1 heteroatoms. The van der Waals surface area contributed by atoms with Crippen molar-refractivity contribution >= 4 is 0 Å². The third-order valence-electron chi connectivity index (χ3n) is 1.39. The Kier molecular flexibility index (Phi) is 8.92. The maximum atomic E-state index is 5.38. The highest BCUT2D eigenvalue weighted by Gasteiger charge is 2.12. The van der Waals surface area contributed by atoms with Crippen LogP contribution in [0.15, 0.2) is 0 Å². The Labute approximate surface area is 65.8 Å². The van der Waals surface area contributed by atoms with Gasteiger partial charge in [0, 0.05) is 6.61 Å². The predicted octanol–water partition coefficient (Wildman–Crippen LogP) is 3.24. The van der Waals surface area contributed by atoms with Gasteiger partial charge in [-0.3, -0.25) is 0 Å². The van der Waals surface area contributed by atoms with Gasteiger partial charge in [-0.15, -0.1) is 0 Å². The average molecular weight is 146 g/mol. The van der Waals surface area contributed by atoms with Crippen molar-refractivity contribution in [1.82, 2.24) is 0 Å². The third kappa shape index (κ3) is 7.96. The molecule has 0 aliphatic rings. The zero-order valence-electron chi connectivity index (χ0n) is 8.32. The van der Waals surface area contributed by atoms with Crippen LogP contribution in [0.5, 0.6) is 0 Å². The molecule has 10 heavy (non-hydrogen) atoms. The molecule has 0 radical (unpaired) electrons. The largest absolute Gasteiger partial charge is 0.376 e. The maximum Gasteiger partial charge on any atom is 0.0623 e. The second kappa shape index (κ2) is 7.07. The summed E-state index contributed by atoms with van der Waals surface area (Å²) in [5.41, 5.74) is 0.0920. The summed E-state index contributed by atoms with van der Waals surface area (Å²) in [4.78, 5) is 0. The van der Waals surface area contributed by atoms with Gasteiger partial charge >= 0.3 is 0 Å². The fraction of sp³-hybridized carbons (Fsp3) is 1.00. The Morgan fingerprint density at radius 1 is 1.10 bits per heavy atom. The summed E-state index contributed by atoms with van der Waals surface area (Å²) < 4.78 is 5.38. The molecule has 0 aliphatic heterocycles. The summed E-state index contributed by atoms with van der Waals surface area (Å²) in [5.74, 6) is 0. The van der Waals surface area contributed by atoms with E-state index in [1.807, 2.05) is 20.8 Å². The molecule has 0 aromatic carbocycles. The molecule has 0 heterocycles. The molecular weight excluding hydrogens is 124 g/mol. The first-order valence-corrected chi connectivity index (χ1v) is 4.26. The molecule has 0 saturated carbocycles. The highest BCUT2D eigenvalue weighted by molar-refractivity contribution is 4.63. The Bertz CT molecular complexity index is 57.7. The van der Waals surface area contributed by atoms with E-state index in [0.29, 0.717) is 0 Å². The van der Waals surface area contributed by atoms with E-state index in [4.69, 9.17) is 4.74 Å². The second-order valence-electron chi connectivity index (χ2n) is 2.55. The minimum absolute atomic E-state index is 0.0920. The molecule has 0 N–H and O–H groups in total. The second-order valence-corrected chi connectivity index (χ2v) is 2.55. The normalized spacial score (nSPS) is 10.2. The van der Waals surface area contributed by atoms with Crippen LogP contribution in [-0.2, 0) is 4.74 Å². The van der Waals surface area contributed by atoms with Crippen molar-refractivity contribution in [3.05, 3.63) is 0 Å². The lowest BCUT2D eigenvalue weighted by atomic mass is 10.1. The van der Waals surface area contributed by atoms with Crippen molar-refractivity contribution in [3.8, 4) is 0 Å². The van der Waals surface area contributed by atoms with Crippen molar-refractivity contribution in [2.45, 2.75) is 53.6 Å². The summed E-state index contributed by atoms with van der Waals surface area (Å²) in [5, 5.41) is 0. The lowest BCUT2D eigenvalue weighted by Gasteiger charge is -2.21. The number of ether oxygens (including phenoxy) is 1. The van der Waals surface area contributed by atoms with E-state index >= 15 is 0 Å². The third-order valence-corrected chi connectivity index (χ3v) is 1.39. The molecule has 0 spiro atoms. The van der Waals surface area contributed by atoms with Gasteiger partial charge < -0.3 is 4.74 Å². The molecule has 0 aliphatic carbocycles. The topological polar surface area (TPSA) is 9.23 Å². The summed E-state index contributed by atoms with van der Waals surface area (Å²) in [6.45, 7) is 13.2. The molecule has 0 fully saturated rings. The number of hydrogen-bond donors (Lipinski definition) is 0. The van der Waals surface area contributed by atoms with Crippen LogP contribution in [0.2, 0.25) is 0 Å². The lowest BCUT2D eigenvalue weighted by Crippen LogP contribution is -2.22. The van der Waals surface area contributed by atoms with Crippen LogP contribution in [0.3, 0.4) is 0 Å². The average Bonchev–Trinajstić information content (AvgIpc) is 1.93. The van der Waals surface area contributed by atoms with E-state index in [0.717, 1.165) is 13.0 Å². The van der Waals surface area contributed by atoms with Gasteiger partial charge in [0.15, 0.2) is 0 Å². The first-order chi connectivity index (χ1) is 4.62. The van der Waals surface area contributed by atoms with Gasteiger partial charge in [-0.1, -0.05) is 20.8 Å². The summed E-state index contributed by atoms with van der Waals surface area (Å²) in [6, 6.07) is 0. The van der Waals surface area contributed by atoms with Crippen LogP contribution < -0.4 is 0 Å². The maximum absolute atomic E-state index is 5.38. The van der Waals surface area contributed by atoms with Gasteiger partial charge in [0.05, 0.1) is 5.60 Å². The Morgan fingerprint density at radius 3 is 1.60 bits per heavy atom. The molecule has 0 rings (SSSR count). The van der Waals surface area contributed by atoms with Crippen LogP contribution in [0.4, 0.5) is 0 Å². The molecule has 0 saturated heterocycles. The summed E-state index contributed by atoms with van der Waals surface area (Å²) in [7, 11) is 0. The summed E-state index contributed by atoms with van der Waals surface area (Å²) in [6.07, 6.45) is 1.08. The minimum atomic E-state index is 0.0920. The SMILES string of the molecule is CC.CCOC(C)(C)CC. The first-order valence-electron chi connectivity index (χ1n) is 4.26. The van der Waals surface area contributed by atoms with Crippen molar-refractivity contribution in [2.24, 2.45) is 0 Å². The monoisotopic (exact) mass is 146 g/mol. The van der Waals surface area contributed by atoms with Gasteiger partial charge in [0.1, 0.15) is 0 Å². The van der Waals surface area contributed by atoms with Gasteiger partial charge in [-0.2, -0.15) is 0 Å². The number of hydrogen-bond acceptors (Lipinski definition) is 1. The standard InChI is InChI=1S/C7H16O.C2H6/c1-5-7(3,4)8-6-2;1-2/h5-6H2,1-4H3;1-2H3. The number of rotatable bonds is 3. The molecule has 0 aromatic rings. The quantitative estimate of drug-likeness (QED) is 0.594. The molecule has 64 valence electrons. The van der Waals surface area contributed by atoms with Crippen LogP contribution >= 0.6 is 0 Å². The van der Waals surface area contributed by atoms with Crippen molar-refractivity contribution in [2.75, 3.05) is 6.61 Å².